The molecule has 0 unspecified atom stereocenters. The van der Waals surface area contributed by atoms with Crippen LogP contribution in [0.1, 0.15) is 0 Å². The molecule has 0 amide bonds. The van der Waals surface area contributed by atoms with E-state index in [-0.39, 0.29) is 0 Å². The molecule has 8 aromatic carbocycles. The molecule has 200 valence electrons. The Hall–Kier alpha value is -5.73. The second-order valence-electron chi connectivity index (χ2n) is 11.1. The lowest BCUT2D eigenvalue weighted by atomic mass is 9.85. The molecule has 2 heteroatoms. The summed E-state index contributed by atoms with van der Waals surface area (Å²) in [4.78, 5) is 4.84. The highest BCUT2D eigenvalue weighted by Gasteiger charge is 2.18. The van der Waals surface area contributed by atoms with Crippen molar-refractivity contribution in [1.29, 1.82) is 0 Å². The van der Waals surface area contributed by atoms with E-state index < -0.39 is 0 Å². The van der Waals surface area contributed by atoms with Gasteiger partial charge >= 0.3 is 0 Å². The molecule has 2 nitrogen and oxygen atoms in total. The molecule has 1 heterocycles. The van der Waals surface area contributed by atoms with Crippen LogP contribution in [0.2, 0.25) is 0 Å². The van der Waals surface area contributed by atoms with Gasteiger partial charge in [-0.25, -0.2) is 4.98 Å². The van der Waals surface area contributed by atoms with Gasteiger partial charge in [0, 0.05) is 10.9 Å². The lowest BCUT2D eigenvalue weighted by Gasteiger charge is -2.18. The van der Waals surface area contributed by atoms with Crippen molar-refractivity contribution in [3.63, 3.8) is 0 Å². The second-order valence-corrected chi connectivity index (χ2v) is 11.1. The van der Waals surface area contributed by atoms with E-state index in [0.29, 0.717) is 5.89 Å². The first-order valence-electron chi connectivity index (χ1n) is 14.6. The smallest absolute Gasteiger partial charge is 0.227 e. The van der Waals surface area contributed by atoms with Gasteiger partial charge in [-0.3, -0.25) is 0 Å². The monoisotopic (exact) mass is 547 g/mol. The minimum Gasteiger partial charge on any atom is -0.435 e. The number of benzene rings is 8. The Kier molecular flexibility index (Phi) is 5.23. The van der Waals surface area contributed by atoms with Crippen molar-refractivity contribution in [3.8, 4) is 33.7 Å². The van der Waals surface area contributed by atoms with Gasteiger partial charge < -0.3 is 4.42 Å². The average Bonchev–Trinajstić information content (AvgIpc) is 3.52. The molecule has 0 atom stereocenters. The zero-order chi connectivity index (χ0) is 28.3. The van der Waals surface area contributed by atoms with Crippen molar-refractivity contribution in [3.05, 3.63) is 152 Å². The summed E-state index contributed by atoms with van der Waals surface area (Å²) in [5.41, 5.74) is 7.66. The van der Waals surface area contributed by atoms with Crippen molar-refractivity contribution in [2.24, 2.45) is 0 Å². The largest absolute Gasteiger partial charge is 0.435 e. The van der Waals surface area contributed by atoms with Gasteiger partial charge in [-0.15, -0.1) is 0 Å². The summed E-state index contributed by atoms with van der Waals surface area (Å²) in [7, 11) is 0. The zero-order valence-corrected chi connectivity index (χ0v) is 23.3. The Morgan fingerprint density at radius 3 is 1.58 bits per heavy atom. The number of nitrogens with zero attached hydrogens (tertiary/aromatic N) is 1. The van der Waals surface area contributed by atoms with Crippen LogP contribution in [-0.2, 0) is 0 Å². The van der Waals surface area contributed by atoms with E-state index in [4.69, 9.17) is 9.40 Å². The zero-order valence-electron chi connectivity index (χ0n) is 23.3. The first-order valence-corrected chi connectivity index (χ1v) is 14.6. The number of rotatable bonds is 3. The van der Waals surface area contributed by atoms with E-state index in [1.165, 1.54) is 49.2 Å². The van der Waals surface area contributed by atoms with Gasteiger partial charge in [-0.1, -0.05) is 127 Å². The third kappa shape index (κ3) is 3.70. The third-order valence-electron chi connectivity index (χ3n) is 8.66. The van der Waals surface area contributed by atoms with Gasteiger partial charge in [0.25, 0.3) is 0 Å². The molecule has 0 aliphatic heterocycles. The lowest BCUT2D eigenvalue weighted by Crippen LogP contribution is -1.91. The minimum absolute atomic E-state index is 0.646. The molecule has 1 aromatic heterocycles. The summed E-state index contributed by atoms with van der Waals surface area (Å²) in [6.45, 7) is 0. The van der Waals surface area contributed by atoms with Gasteiger partial charge in [0.2, 0.25) is 5.89 Å². The minimum atomic E-state index is 0.646. The van der Waals surface area contributed by atoms with Crippen LogP contribution in [0.5, 0.6) is 0 Å². The van der Waals surface area contributed by atoms with Crippen LogP contribution < -0.4 is 0 Å². The fraction of sp³-hybridized carbons (Fsp3) is 0. The van der Waals surface area contributed by atoms with Crippen LogP contribution in [0.3, 0.4) is 0 Å². The van der Waals surface area contributed by atoms with Gasteiger partial charge in [0.05, 0.1) is 0 Å². The summed E-state index contributed by atoms with van der Waals surface area (Å²) >= 11 is 0. The molecular weight excluding hydrogens is 522 g/mol. The first kappa shape index (κ1) is 23.9. The average molecular weight is 548 g/mol. The van der Waals surface area contributed by atoms with Crippen molar-refractivity contribution >= 4 is 54.2 Å². The fourth-order valence-corrected chi connectivity index (χ4v) is 6.75. The summed E-state index contributed by atoms with van der Waals surface area (Å²) in [5, 5.41) is 9.62. The predicted molar refractivity (Wildman–Crippen MR) is 180 cm³/mol. The van der Waals surface area contributed by atoms with Crippen molar-refractivity contribution < 1.29 is 4.42 Å². The van der Waals surface area contributed by atoms with E-state index in [9.17, 15) is 0 Å². The molecule has 0 saturated carbocycles. The van der Waals surface area contributed by atoms with Crippen LogP contribution >= 0.6 is 0 Å². The van der Waals surface area contributed by atoms with E-state index in [1.807, 2.05) is 30.3 Å². The molecule has 9 rings (SSSR count). The molecule has 0 aliphatic carbocycles. The van der Waals surface area contributed by atoms with Crippen LogP contribution in [0.15, 0.2) is 156 Å². The topological polar surface area (TPSA) is 26.0 Å². The highest BCUT2D eigenvalue weighted by molar-refractivity contribution is 6.23. The number of hydrogen-bond donors (Lipinski definition) is 0. The van der Waals surface area contributed by atoms with Crippen molar-refractivity contribution in [2.75, 3.05) is 0 Å². The standard InChI is InChI=1S/C41H25NO/c1-3-11-26(12-4-1)37-32-15-7-9-17-34(32)38(35-18-10-8-16-33(35)37)30-21-23-31-29(25-30)20-19-27-22-24-36-40(39(27)31)43-41(42-36)28-13-5-2-6-14-28/h1-25H. The molecule has 0 bridgehead atoms. The molecule has 43 heavy (non-hydrogen) atoms. The maximum Gasteiger partial charge on any atom is 0.227 e. The van der Waals surface area contributed by atoms with Crippen LogP contribution in [0, 0.1) is 0 Å². The van der Waals surface area contributed by atoms with E-state index in [1.54, 1.807) is 0 Å². The third-order valence-corrected chi connectivity index (χ3v) is 8.66. The molecule has 0 N–H and O–H groups in total. The lowest BCUT2D eigenvalue weighted by molar-refractivity contribution is 0.623. The highest BCUT2D eigenvalue weighted by atomic mass is 16.3. The first-order chi connectivity index (χ1) is 21.3. The molecular formula is C41H25NO. The molecule has 0 radical (unpaired) electrons. The Labute approximate surface area is 248 Å². The SMILES string of the molecule is c1ccc(-c2nc3ccc4ccc5cc(-c6c7ccccc7c(-c7ccccc7)c7ccccc67)ccc5c4c3o2)cc1. The highest BCUT2D eigenvalue weighted by Crippen LogP contribution is 2.44. The summed E-state index contributed by atoms with van der Waals surface area (Å²) in [6, 6.07) is 53.9. The van der Waals surface area contributed by atoms with Gasteiger partial charge in [0.15, 0.2) is 5.58 Å². The van der Waals surface area contributed by atoms with E-state index in [0.717, 1.165) is 32.8 Å². The van der Waals surface area contributed by atoms with Crippen molar-refractivity contribution in [2.45, 2.75) is 0 Å². The van der Waals surface area contributed by atoms with Gasteiger partial charge in [-0.05, 0) is 84.2 Å². The Bertz CT molecular complexity index is 2430. The molecule has 0 aliphatic rings. The maximum atomic E-state index is 6.45. The molecule has 0 spiro atoms. The fourth-order valence-electron chi connectivity index (χ4n) is 6.75. The predicted octanol–water partition coefficient (Wildman–Crippen LogP) is 11.4. The Morgan fingerprint density at radius 2 is 0.930 bits per heavy atom. The van der Waals surface area contributed by atoms with Crippen LogP contribution in [-0.4, -0.2) is 4.98 Å². The number of hydrogen-bond acceptors (Lipinski definition) is 2. The normalized spacial score (nSPS) is 11.7. The quantitative estimate of drug-likeness (QED) is 0.162. The van der Waals surface area contributed by atoms with Crippen LogP contribution in [0.25, 0.3) is 87.9 Å². The number of oxazole rings is 1. The molecule has 9 aromatic rings. The summed E-state index contributed by atoms with van der Waals surface area (Å²) in [6.07, 6.45) is 0. The Morgan fingerprint density at radius 1 is 0.395 bits per heavy atom. The summed E-state index contributed by atoms with van der Waals surface area (Å²) in [5.74, 6) is 0.646. The second kappa shape index (κ2) is 9.40. The molecule has 0 fully saturated rings. The Balaban J connectivity index is 1.31. The molecule has 0 saturated heterocycles. The van der Waals surface area contributed by atoms with Crippen LogP contribution in [0.4, 0.5) is 0 Å². The van der Waals surface area contributed by atoms with Crippen molar-refractivity contribution in [1.82, 2.24) is 4.98 Å². The maximum absolute atomic E-state index is 6.45. The van der Waals surface area contributed by atoms with Gasteiger partial charge in [-0.2, -0.15) is 0 Å². The summed E-state index contributed by atoms with van der Waals surface area (Å²) < 4.78 is 6.45. The number of aromatic nitrogens is 1. The van der Waals surface area contributed by atoms with Gasteiger partial charge in [0.1, 0.15) is 5.52 Å². The van der Waals surface area contributed by atoms with E-state index >= 15 is 0 Å². The van der Waals surface area contributed by atoms with E-state index in [2.05, 4.69) is 121 Å². The number of fused-ring (bicyclic) bond motifs is 7.